The molecule has 7 nitrogen and oxygen atoms in total. The van der Waals surface area contributed by atoms with Gasteiger partial charge in [-0.3, -0.25) is 4.99 Å². The van der Waals surface area contributed by atoms with Gasteiger partial charge >= 0.3 is 0 Å². The molecule has 7 heteroatoms. The third kappa shape index (κ3) is 5.10. The Morgan fingerprint density at radius 1 is 0.690 bits per heavy atom. The zero-order valence-electron chi connectivity index (χ0n) is 16.4. The number of phenolic OH excluding ortho intramolecular Hbond substituents is 1. The lowest BCUT2D eigenvalue weighted by Crippen LogP contribution is -1.89. The lowest BCUT2D eigenvalue weighted by Gasteiger charge is -2.07. The Labute approximate surface area is 168 Å². The van der Waals surface area contributed by atoms with Crippen LogP contribution in [-0.2, 0) is 0 Å². The maximum Gasteiger partial charge on any atom is 0.166 e. The average Bonchev–Trinajstić information content (AvgIpc) is 2.78. The highest BCUT2D eigenvalue weighted by Gasteiger charge is 2.09. The quantitative estimate of drug-likeness (QED) is 0.421. The Hall–Kier alpha value is -3.87. The molecule has 0 spiro atoms. The molecule has 0 aliphatic carbocycles. The van der Waals surface area contributed by atoms with Gasteiger partial charge in [0, 0.05) is 17.8 Å². The van der Waals surface area contributed by atoms with Gasteiger partial charge in [-0.15, -0.1) is 0 Å². The van der Waals surface area contributed by atoms with Gasteiger partial charge in [0.05, 0.1) is 38.4 Å². The predicted molar refractivity (Wildman–Crippen MR) is 112 cm³/mol. The van der Waals surface area contributed by atoms with Crippen molar-refractivity contribution in [2.45, 2.75) is 0 Å². The van der Waals surface area contributed by atoms with E-state index in [0.29, 0.717) is 16.9 Å². The molecule has 148 valence electrons. The molecule has 0 saturated heterocycles. The number of methoxy groups -OCH3 is 3. The van der Waals surface area contributed by atoms with Gasteiger partial charge in [-0.1, -0.05) is 0 Å². The Morgan fingerprint density at radius 2 is 1.24 bits per heavy atom. The number of aromatic hydroxyl groups is 1. The summed E-state index contributed by atoms with van der Waals surface area (Å²) >= 11 is 0. The molecule has 0 amide bonds. The highest BCUT2D eigenvalue weighted by atomic mass is 16.5. The van der Waals surface area contributed by atoms with E-state index in [2.05, 4.69) is 15.2 Å². The second-order valence-electron chi connectivity index (χ2n) is 5.94. The van der Waals surface area contributed by atoms with Crippen LogP contribution in [0.1, 0.15) is 5.56 Å². The minimum atomic E-state index is -0.0202. The van der Waals surface area contributed by atoms with Gasteiger partial charge < -0.3 is 19.3 Å². The first-order chi connectivity index (χ1) is 14.1. The Kier molecular flexibility index (Phi) is 6.42. The summed E-state index contributed by atoms with van der Waals surface area (Å²) in [5.74, 6) is 1.75. The molecule has 0 aromatic heterocycles. The van der Waals surface area contributed by atoms with Crippen LogP contribution in [0, 0.1) is 0 Å². The molecule has 3 aromatic carbocycles. The zero-order valence-corrected chi connectivity index (χ0v) is 16.4. The number of hydrogen-bond acceptors (Lipinski definition) is 7. The van der Waals surface area contributed by atoms with Crippen LogP contribution >= 0.6 is 0 Å². The summed E-state index contributed by atoms with van der Waals surface area (Å²) in [4.78, 5) is 4.38. The average molecular weight is 391 g/mol. The van der Waals surface area contributed by atoms with Crippen molar-refractivity contribution in [1.29, 1.82) is 0 Å². The molecule has 0 aliphatic rings. The van der Waals surface area contributed by atoms with Crippen LogP contribution in [0.4, 0.5) is 17.1 Å². The molecule has 3 rings (SSSR count). The van der Waals surface area contributed by atoms with Gasteiger partial charge in [0.1, 0.15) is 11.5 Å². The zero-order chi connectivity index (χ0) is 20.6. The van der Waals surface area contributed by atoms with Gasteiger partial charge in [0.15, 0.2) is 11.5 Å². The second kappa shape index (κ2) is 9.36. The predicted octanol–water partition coefficient (Wildman–Crippen LogP) is 5.58. The SMILES string of the molecule is COc1ccc(N=Cc2cc(N=Nc3ccc(OC)cc3)cc(OC)c2O)cc1. The summed E-state index contributed by atoms with van der Waals surface area (Å²) in [7, 11) is 4.69. The molecule has 0 atom stereocenters. The van der Waals surface area contributed by atoms with E-state index >= 15 is 0 Å². The molecular weight excluding hydrogens is 370 g/mol. The second-order valence-corrected chi connectivity index (χ2v) is 5.94. The normalized spacial score (nSPS) is 11.1. The molecule has 1 N–H and O–H groups in total. The first-order valence-electron chi connectivity index (χ1n) is 8.78. The largest absolute Gasteiger partial charge is 0.504 e. The minimum Gasteiger partial charge on any atom is -0.504 e. The lowest BCUT2D eigenvalue weighted by atomic mass is 10.1. The third-order valence-corrected chi connectivity index (χ3v) is 4.09. The van der Waals surface area contributed by atoms with Crippen LogP contribution in [0.5, 0.6) is 23.0 Å². The van der Waals surface area contributed by atoms with E-state index in [4.69, 9.17) is 14.2 Å². The Balaban J connectivity index is 1.86. The Bertz CT molecular complexity index is 1010. The number of nitrogens with zero attached hydrogens (tertiary/aromatic N) is 3. The molecular formula is C22H21N3O4. The summed E-state index contributed by atoms with van der Waals surface area (Å²) in [5, 5.41) is 18.8. The van der Waals surface area contributed by atoms with E-state index in [1.54, 1.807) is 56.8 Å². The molecule has 0 fully saturated rings. The van der Waals surface area contributed by atoms with Crippen molar-refractivity contribution < 1.29 is 19.3 Å². The van der Waals surface area contributed by atoms with Crippen LogP contribution < -0.4 is 14.2 Å². The first kappa shape index (κ1) is 19.9. The fourth-order valence-corrected chi connectivity index (χ4v) is 2.50. The van der Waals surface area contributed by atoms with Gasteiger partial charge in [0.2, 0.25) is 0 Å². The number of aliphatic imine (C=N–C) groups is 1. The van der Waals surface area contributed by atoms with Crippen LogP contribution in [0.2, 0.25) is 0 Å². The van der Waals surface area contributed by atoms with E-state index in [9.17, 15) is 5.11 Å². The molecule has 0 saturated carbocycles. The van der Waals surface area contributed by atoms with E-state index in [0.717, 1.165) is 17.2 Å². The monoisotopic (exact) mass is 391 g/mol. The minimum absolute atomic E-state index is 0.0202. The highest BCUT2D eigenvalue weighted by Crippen LogP contribution is 2.35. The summed E-state index contributed by atoms with van der Waals surface area (Å²) in [6, 6.07) is 17.7. The van der Waals surface area contributed by atoms with Crippen LogP contribution in [0.25, 0.3) is 0 Å². The van der Waals surface area contributed by atoms with Crippen molar-refractivity contribution in [3.8, 4) is 23.0 Å². The fourth-order valence-electron chi connectivity index (χ4n) is 2.50. The Morgan fingerprint density at radius 3 is 1.79 bits per heavy atom. The molecule has 0 radical (unpaired) electrons. The van der Waals surface area contributed by atoms with Crippen molar-refractivity contribution in [2.75, 3.05) is 21.3 Å². The molecule has 0 bridgehead atoms. The van der Waals surface area contributed by atoms with E-state index in [1.807, 2.05) is 24.3 Å². The number of ether oxygens (including phenoxy) is 3. The van der Waals surface area contributed by atoms with Crippen molar-refractivity contribution in [1.82, 2.24) is 0 Å². The maximum atomic E-state index is 10.4. The van der Waals surface area contributed by atoms with Gasteiger partial charge in [-0.2, -0.15) is 10.2 Å². The third-order valence-electron chi connectivity index (χ3n) is 4.09. The highest BCUT2D eigenvalue weighted by molar-refractivity contribution is 5.88. The van der Waals surface area contributed by atoms with Gasteiger partial charge in [-0.05, 0) is 54.6 Å². The fraction of sp³-hybridized carbons (Fsp3) is 0.136. The number of rotatable bonds is 7. The lowest BCUT2D eigenvalue weighted by molar-refractivity contribution is 0.373. The van der Waals surface area contributed by atoms with Crippen molar-refractivity contribution in [2.24, 2.45) is 15.2 Å². The van der Waals surface area contributed by atoms with E-state index < -0.39 is 0 Å². The standard InChI is InChI=1S/C22H21N3O4/c1-27-19-8-4-16(5-9-19)23-14-15-12-18(13-21(29-3)22(15)26)25-24-17-6-10-20(28-2)11-7-17/h4-14,26H,1-3H3. The van der Waals surface area contributed by atoms with Crippen molar-refractivity contribution >= 4 is 23.3 Å². The molecule has 0 aliphatic heterocycles. The van der Waals surface area contributed by atoms with E-state index in [1.165, 1.54) is 7.11 Å². The summed E-state index contributed by atoms with van der Waals surface area (Å²) in [6.07, 6.45) is 1.55. The number of azo groups is 1. The van der Waals surface area contributed by atoms with Gasteiger partial charge in [0.25, 0.3) is 0 Å². The van der Waals surface area contributed by atoms with Crippen LogP contribution in [0.15, 0.2) is 75.9 Å². The molecule has 0 unspecified atom stereocenters. The first-order valence-corrected chi connectivity index (χ1v) is 8.78. The van der Waals surface area contributed by atoms with Crippen molar-refractivity contribution in [3.05, 3.63) is 66.2 Å². The maximum absolute atomic E-state index is 10.4. The smallest absolute Gasteiger partial charge is 0.166 e. The van der Waals surface area contributed by atoms with Crippen LogP contribution in [0.3, 0.4) is 0 Å². The van der Waals surface area contributed by atoms with E-state index in [-0.39, 0.29) is 11.5 Å². The summed E-state index contributed by atoms with van der Waals surface area (Å²) in [5.41, 5.74) is 2.37. The number of hydrogen-bond donors (Lipinski definition) is 1. The van der Waals surface area contributed by atoms with Crippen LogP contribution in [-0.4, -0.2) is 32.7 Å². The van der Waals surface area contributed by atoms with Crippen molar-refractivity contribution in [3.63, 3.8) is 0 Å². The van der Waals surface area contributed by atoms with Gasteiger partial charge in [-0.25, -0.2) is 0 Å². The summed E-state index contributed by atoms with van der Waals surface area (Å²) < 4.78 is 15.5. The molecule has 0 heterocycles. The number of benzene rings is 3. The number of phenols is 1. The molecule has 29 heavy (non-hydrogen) atoms. The molecule has 3 aromatic rings. The topological polar surface area (TPSA) is 85.0 Å². The summed E-state index contributed by atoms with van der Waals surface area (Å²) in [6.45, 7) is 0.